The van der Waals surface area contributed by atoms with Crippen molar-refractivity contribution in [2.75, 3.05) is 12.4 Å². The summed E-state index contributed by atoms with van der Waals surface area (Å²) in [6.45, 7) is 0. The number of methoxy groups -OCH3 is 1. The minimum absolute atomic E-state index is 0.144. The van der Waals surface area contributed by atoms with Crippen LogP contribution < -0.4 is 10.1 Å². The van der Waals surface area contributed by atoms with Crippen molar-refractivity contribution >= 4 is 34.0 Å². The van der Waals surface area contributed by atoms with Gasteiger partial charge >= 0.3 is 0 Å². The summed E-state index contributed by atoms with van der Waals surface area (Å²) < 4.78 is 18.4. The number of rotatable bonds is 3. The number of aromatic nitrogens is 2. The topological polar surface area (TPSA) is 47.0 Å². The second-order valence-corrected chi connectivity index (χ2v) is 4.67. The molecule has 0 aliphatic carbocycles. The Hall–Kier alpha value is -2.40. The third kappa shape index (κ3) is 2.73. The molecule has 1 heterocycles. The van der Waals surface area contributed by atoms with Crippen LogP contribution in [0.1, 0.15) is 0 Å². The highest BCUT2D eigenvalue weighted by atomic mass is 35.5. The Morgan fingerprint density at radius 3 is 2.76 bits per heavy atom. The number of fused-ring (bicyclic) bond motifs is 1. The molecule has 106 valence electrons. The molecule has 0 bridgehead atoms. The van der Waals surface area contributed by atoms with Crippen molar-refractivity contribution in [3.63, 3.8) is 0 Å². The molecule has 0 atom stereocenters. The number of halogens is 2. The van der Waals surface area contributed by atoms with E-state index < -0.39 is 5.82 Å². The number of ether oxygens (including phenoxy) is 1. The van der Waals surface area contributed by atoms with E-state index in [0.717, 1.165) is 10.9 Å². The molecule has 0 fully saturated rings. The molecule has 0 saturated heterocycles. The van der Waals surface area contributed by atoms with Crippen LogP contribution in [0.2, 0.25) is 5.28 Å². The van der Waals surface area contributed by atoms with E-state index in [2.05, 4.69) is 15.3 Å². The first-order valence-corrected chi connectivity index (χ1v) is 6.58. The Bertz CT molecular complexity index is 810. The van der Waals surface area contributed by atoms with Gasteiger partial charge < -0.3 is 10.1 Å². The van der Waals surface area contributed by atoms with Gasteiger partial charge in [0.1, 0.15) is 5.82 Å². The van der Waals surface area contributed by atoms with Crippen molar-refractivity contribution < 1.29 is 9.13 Å². The highest BCUT2D eigenvalue weighted by Crippen LogP contribution is 2.27. The number of anilines is 2. The minimum Gasteiger partial charge on any atom is -0.494 e. The molecule has 6 heteroatoms. The van der Waals surface area contributed by atoms with E-state index in [-0.39, 0.29) is 11.0 Å². The molecule has 0 saturated carbocycles. The molecular weight excluding hydrogens is 293 g/mol. The standard InChI is InChI=1S/C15H11ClFN3O/c1-21-13-8-9(6-7-11(13)17)18-14-10-4-2-3-5-12(10)19-15(16)20-14/h2-8H,1H3,(H,18,19,20). The Kier molecular flexibility index (Phi) is 3.58. The summed E-state index contributed by atoms with van der Waals surface area (Å²) in [6.07, 6.45) is 0. The van der Waals surface area contributed by atoms with Gasteiger partial charge in [0, 0.05) is 17.1 Å². The van der Waals surface area contributed by atoms with Gasteiger partial charge in [-0.25, -0.2) is 9.37 Å². The van der Waals surface area contributed by atoms with Gasteiger partial charge in [0.2, 0.25) is 5.28 Å². The molecule has 2 aromatic carbocycles. The average Bonchev–Trinajstić information content (AvgIpc) is 2.49. The van der Waals surface area contributed by atoms with Crippen molar-refractivity contribution in [3.8, 4) is 5.75 Å². The van der Waals surface area contributed by atoms with E-state index in [9.17, 15) is 4.39 Å². The van der Waals surface area contributed by atoms with Gasteiger partial charge in [-0.15, -0.1) is 0 Å². The fourth-order valence-corrected chi connectivity index (χ4v) is 2.19. The fraction of sp³-hybridized carbons (Fsp3) is 0.0667. The highest BCUT2D eigenvalue weighted by molar-refractivity contribution is 6.28. The predicted octanol–water partition coefficient (Wildman–Crippen LogP) is 4.17. The lowest BCUT2D eigenvalue weighted by Crippen LogP contribution is -1.98. The Morgan fingerprint density at radius 2 is 1.95 bits per heavy atom. The van der Waals surface area contributed by atoms with Gasteiger partial charge in [0.25, 0.3) is 0 Å². The van der Waals surface area contributed by atoms with Crippen LogP contribution in [-0.2, 0) is 0 Å². The highest BCUT2D eigenvalue weighted by Gasteiger charge is 2.08. The molecule has 0 amide bonds. The van der Waals surface area contributed by atoms with Crippen LogP contribution in [0.25, 0.3) is 10.9 Å². The number of hydrogen-bond donors (Lipinski definition) is 1. The lowest BCUT2D eigenvalue weighted by atomic mass is 10.2. The van der Waals surface area contributed by atoms with E-state index >= 15 is 0 Å². The van der Waals surface area contributed by atoms with Crippen LogP contribution in [-0.4, -0.2) is 17.1 Å². The summed E-state index contributed by atoms with van der Waals surface area (Å²) in [5.41, 5.74) is 1.38. The number of benzene rings is 2. The van der Waals surface area contributed by atoms with Crippen molar-refractivity contribution in [2.45, 2.75) is 0 Å². The van der Waals surface area contributed by atoms with Crippen molar-refractivity contribution in [1.82, 2.24) is 9.97 Å². The Balaban J connectivity index is 2.05. The summed E-state index contributed by atoms with van der Waals surface area (Å²) in [4.78, 5) is 8.34. The zero-order valence-corrected chi connectivity index (χ0v) is 11.9. The SMILES string of the molecule is COc1cc(Nc2nc(Cl)nc3ccccc23)ccc1F. The first-order chi connectivity index (χ1) is 10.2. The summed E-state index contributed by atoms with van der Waals surface area (Å²) in [5, 5.41) is 4.08. The van der Waals surface area contributed by atoms with E-state index in [4.69, 9.17) is 16.3 Å². The van der Waals surface area contributed by atoms with Gasteiger partial charge in [-0.1, -0.05) is 12.1 Å². The molecule has 0 aliphatic rings. The predicted molar refractivity (Wildman–Crippen MR) is 80.8 cm³/mol. The molecule has 1 aromatic heterocycles. The molecule has 3 aromatic rings. The summed E-state index contributed by atoms with van der Waals surface area (Å²) in [6, 6.07) is 12.0. The Labute approximate surface area is 125 Å². The molecule has 0 unspecified atom stereocenters. The molecule has 4 nitrogen and oxygen atoms in total. The lowest BCUT2D eigenvalue weighted by molar-refractivity contribution is 0.387. The zero-order valence-electron chi connectivity index (χ0n) is 11.1. The van der Waals surface area contributed by atoms with Crippen LogP contribution in [0.15, 0.2) is 42.5 Å². The van der Waals surface area contributed by atoms with Crippen LogP contribution in [0, 0.1) is 5.82 Å². The van der Waals surface area contributed by atoms with E-state index in [1.165, 1.54) is 13.2 Å². The summed E-state index contributed by atoms with van der Waals surface area (Å²) >= 11 is 5.93. The second kappa shape index (κ2) is 5.54. The first-order valence-electron chi connectivity index (χ1n) is 6.20. The van der Waals surface area contributed by atoms with E-state index in [1.54, 1.807) is 12.1 Å². The molecule has 1 N–H and O–H groups in total. The number of nitrogens with zero attached hydrogens (tertiary/aromatic N) is 2. The normalized spacial score (nSPS) is 10.6. The molecule has 0 radical (unpaired) electrons. The average molecular weight is 304 g/mol. The van der Waals surface area contributed by atoms with Crippen LogP contribution >= 0.6 is 11.6 Å². The van der Waals surface area contributed by atoms with E-state index in [0.29, 0.717) is 11.5 Å². The van der Waals surface area contributed by atoms with Crippen molar-refractivity contribution in [1.29, 1.82) is 0 Å². The summed E-state index contributed by atoms with van der Waals surface area (Å²) in [5.74, 6) is 0.289. The third-order valence-electron chi connectivity index (χ3n) is 2.99. The monoisotopic (exact) mass is 303 g/mol. The van der Waals surface area contributed by atoms with Crippen molar-refractivity contribution in [3.05, 3.63) is 53.6 Å². The molecule has 0 aliphatic heterocycles. The van der Waals surface area contributed by atoms with Gasteiger partial charge in [-0.3, -0.25) is 0 Å². The van der Waals surface area contributed by atoms with Gasteiger partial charge in [-0.05, 0) is 35.9 Å². The maximum atomic E-state index is 13.4. The number of para-hydroxylation sites is 1. The van der Waals surface area contributed by atoms with Crippen molar-refractivity contribution in [2.24, 2.45) is 0 Å². The quantitative estimate of drug-likeness (QED) is 0.738. The zero-order chi connectivity index (χ0) is 14.8. The number of hydrogen-bond acceptors (Lipinski definition) is 4. The molecule has 21 heavy (non-hydrogen) atoms. The van der Waals surface area contributed by atoms with Crippen LogP contribution in [0.5, 0.6) is 5.75 Å². The van der Waals surface area contributed by atoms with Gasteiger partial charge in [0.15, 0.2) is 11.6 Å². The fourth-order valence-electron chi connectivity index (χ4n) is 2.02. The van der Waals surface area contributed by atoms with Gasteiger partial charge in [-0.2, -0.15) is 4.98 Å². The minimum atomic E-state index is -0.423. The summed E-state index contributed by atoms with van der Waals surface area (Å²) in [7, 11) is 1.42. The van der Waals surface area contributed by atoms with Gasteiger partial charge in [0.05, 0.1) is 12.6 Å². The number of nitrogens with one attached hydrogen (secondary N) is 1. The Morgan fingerprint density at radius 1 is 1.14 bits per heavy atom. The van der Waals surface area contributed by atoms with E-state index in [1.807, 2.05) is 24.3 Å². The largest absolute Gasteiger partial charge is 0.494 e. The maximum Gasteiger partial charge on any atom is 0.224 e. The molecule has 0 spiro atoms. The molecular formula is C15H11ClFN3O. The maximum absolute atomic E-state index is 13.4. The molecule has 3 rings (SSSR count). The lowest BCUT2D eigenvalue weighted by Gasteiger charge is -2.10. The smallest absolute Gasteiger partial charge is 0.224 e. The van der Waals surface area contributed by atoms with Crippen LogP contribution in [0.3, 0.4) is 0 Å². The second-order valence-electron chi connectivity index (χ2n) is 4.33. The van der Waals surface area contributed by atoms with Crippen LogP contribution in [0.4, 0.5) is 15.9 Å². The third-order valence-corrected chi connectivity index (χ3v) is 3.16. The first kappa shape index (κ1) is 13.6.